The zero-order chi connectivity index (χ0) is 20.8. The van der Waals surface area contributed by atoms with Gasteiger partial charge in [0.1, 0.15) is 11.3 Å². The number of nitrogens with zero attached hydrogens (tertiary/aromatic N) is 4. The van der Waals surface area contributed by atoms with E-state index in [-0.39, 0.29) is 6.61 Å². The van der Waals surface area contributed by atoms with Crippen LogP contribution in [0, 0.1) is 17.8 Å². The van der Waals surface area contributed by atoms with Gasteiger partial charge in [-0.25, -0.2) is 0 Å². The van der Waals surface area contributed by atoms with Crippen LogP contribution in [0.2, 0.25) is 0 Å². The first-order valence-corrected chi connectivity index (χ1v) is 12.1. The van der Waals surface area contributed by atoms with Gasteiger partial charge in [-0.1, -0.05) is 37.8 Å². The molecule has 6 heteroatoms. The molecule has 164 valence electrons. The SMILES string of the molecule is OCCc1cc2ccc(-c3nnc(N4CCC(C5CCCC5)C4)n3CC3CC3)cc2o1. The minimum Gasteiger partial charge on any atom is -0.461 e. The van der Waals surface area contributed by atoms with Crippen molar-refractivity contribution < 1.29 is 9.52 Å². The molecule has 3 fully saturated rings. The summed E-state index contributed by atoms with van der Waals surface area (Å²) in [5.74, 6) is 5.33. The first-order valence-electron chi connectivity index (χ1n) is 12.1. The van der Waals surface area contributed by atoms with E-state index in [1.165, 1.54) is 44.9 Å². The van der Waals surface area contributed by atoms with Gasteiger partial charge in [-0.15, -0.1) is 10.2 Å². The maximum atomic E-state index is 9.21. The molecule has 1 N–H and O–H groups in total. The summed E-state index contributed by atoms with van der Waals surface area (Å²) in [5, 5.41) is 19.7. The Balaban J connectivity index is 1.31. The number of rotatable bonds is 7. The summed E-state index contributed by atoms with van der Waals surface area (Å²) in [4.78, 5) is 2.49. The highest BCUT2D eigenvalue weighted by Gasteiger charge is 2.34. The van der Waals surface area contributed by atoms with Crippen molar-refractivity contribution in [2.45, 2.75) is 57.9 Å². The van der Waals surface area contributed by atoms with E-state index in [2.05, 4.69) is 32.8 Å². The molecule has 2 aliphatic carbocycles. The van der Waals surface area contributed by atoms with Crippen LogP contribution in [0.25, 0.3) is 22.4 Å². The van der Waals surface area contributed by atoms with Gasteiger partial charge in [0.25, 0.3) is 0 Å². The second-order valence-electron chi connectivity index (χ2n) is 9.86. The lowest BCUT2D eigenvalue weighted by Crippen LogP contribution is -2.25. The molecule has 31 heavy (non-hydrogen) atoms. The zero-order valence-electron chi connectivity index (χ0n) is 18.2. The molecule has 3 aromatic rings. The van der Waals surface area contributed by atoms with Crippen molar-refractivity contribution >= 4 is 16.9 Å². The fraction of sp³-hybridized carbons (Fsp3) is 0.600. The first-order chi connectivity index (χ1) is 15.3. The predicted molar refractivity (Wildman–Crippen MR) is 121 cm³/mol. The second kappa shape index (κ2) is 7.97. The topological polar surface area (TPSA) is 67.3 Å². The van der Waals surface area contributed by atoms with E-state index in [0.29, 0.717) is 6.42 Å². The standard InChI is InChI=1S/C25H32N4O2/c30-12-10-22-13-19-7-8-20(14-23(19)31-22)24-26-27-25(29(24)15-17-5-6-17)28-11-9-21(16-28)18-3-1-2-4-18/h7-8,13-14,17-18,21,30H,1-6,9-12,15-16H2. The molecule has 0 bridgehead atoms. The van der Waals surface area contributed by atoms with Crippen LogP contribution in [0.1, 0.15) is 50.7 Å². The minimum absolute atomic E-state index is 0.101. The predicted octanol–water partition coefficient (Wildman–Crippen LogP) is 4.65. The first kappa shape index (κ1) is 19.4. The van der Waals surface area contributed by atoms with Gasteiger partial charge in [0.2, 0.25) is 5.95 Å². The third kappa shape index (κ3) is 3.75. The summed E-state index contributed by atoms with van der Waals surface area (Å²) in [6.45, 7) is 3.35. The number of hydrogen-bond donors (Lipinski definition) is 1. The summed E-state index contributed by atoms with van der Waals surface area (Å²) < 4.78 is 8.32. The van der Waals surface area contributed by atoms with Crippen LogP contribution in [0.4, 0.5) is 5.95 Å². The van der Waals surface area contributed by atoms with Crippen molar-refractivity contribution in [1.29, 1.82) is 0 Å². The minimum atomic E-state index is 0.101. The molecule has 1 atom stereocenters. The largest absolute Gasteiger partial charge is 0.461 e. The van der Waals surface area contributed by atoms with Gasteiger partial charge in [0.05, 0.1) is 6.61 Å². The Bertz CT molecular complexity index is 1060. The highest BCUT2D eigenvalue weighted by atomic mass is 16.3. The normalized spacial score (nSPS) is 22.2. The number of benzene rings is 1. The second-order valence-corrected chi connectivity index (χ2v) is 9.86. The van der Waals surface area contributed by atoms with Gasteiger partial charge in [-0.2, -0.15) is 0 Å². The van der Waals surface area contributed by atoms with Gasteiger partial charge >= 0.3 is 0 Å². The average molecular weight is 421 g/mol. The molecule has 3 aliphatic rings. The molecule has 2 aromatic heterocycles. The molecule has 1 saturated heterocycles. The van der Waals surface area contributed by atoms with E-state index in [9.17, 15) is 5.11 Å². The van der Waals surface area contributed by atoms with Gasteiger partial charge in [0.15, 0.2) is 5.82 Å². The van der Waals surface area contributed by atoms with E-state index >= 15 is 0 Å². The van der Waals surface area contributed by atoms with Crippen LogP contribution in [0.15, 0.2) is 28.7 Å². The van der Waals surface area contributed by atoms with Crippen LogP contribution < -0.4 is 4.90 Å². The molecular weight excluding hydrogens is 388 g/mol. The van der Waals surface area contributed by atoms with Gasteiger partial charge in [-0.3, -0.25) is 4.57 Å². The molecule has 6 rings (SSSR count). The van der Waals surface area contributed by atoms with Crippen molar-refractivity contribution in [3.8, 4) is 11.4 Å². The summed E-state index contributed by atoms with van der Waals surface area (Å²) in [7, 11) is 0. The quantitative estimate of drug-likeness (QED) is 0.602. The zero-order valence-corrected chi connectivity index (χ0v) is 18.2. The maximum absolute atomic E-state index is 9.21. The van der Waals surface area contributed by atoms with E-state index in [0.717, 1.165) is 71.5 Å². The van der Waals surface area contributed by atoms with Gasteiger partial charge < -0.3 is 14.4 Å². The Morgan fingerprint density at radius 3 is 2.68 bits per heavy atom. The van der Waals surface area contributed by atoms with Crippen molar-refractivity contribution in [2.75, 3.05) is 24.6 Å². The number of hydrogen-bond acceptors (Lipinski definition) is 5. The van der Waals surface area contributed by atoms with Crippen LogP contribution >= 0.6 is 0 Å². The molecule has 3 heterocycles. The van der Waals surface area contributed by atoms with Crippen LogP contribution in [0.5, 0.6) is 0 Å². The Labute approximate surface area is 183 Å². The number of aliphatic hydroxyl groups is 1. The van der Waals surface area contributed by atoms with Crippen molar-refractivity contribution in [2.24, 2.45) is 17.8 Å². The van der Waals surface area contributed by atoms with Crippen molar-refractivity contribution in [3.63, 3.8) is 0 Å². The summed E-state index contributed by atoms with van der Waals surface area (Å²) in [6, 6.07) is 8.32. The third-order valence-electron chi connectivity index (χ3n) is 7.63. The Morgan fingerprint density at radius 1 is 1.00 bits per heavy atom. The number of aliphatic hydroxyl groups excluding tert-OH is 1. The van der Waals surface area contributed by atoms with Gasteiger partial charge in [0, 0.05) is 37.0 Å². The number of furan rings is 1. The molecule has 1 aliphatic heterocycles. The Kier molecular flexibility index (Phi) is 4.98. The highest BCUT2D eigenvalue weighted by molar-refractivity contribution is 5.82. The molecule has 0 amide bonds. The fourth-order valence-electron chi connectivity index (χ4n) is 5.71. The van der Waals surface area contributed by atoms with Gasteiger partial charge in [-0.05, 0) is 49.1 Å². The van der Waals surface area contributed by atoms with Crippen LogP contribution in [-0.4, -0.2) is 39.6 Å². The average Bonchev–Trinajstić information content (AvgIpc) is 3.24. The van der Waals surface area contributed by atoms with E-state index in [4.69, 9.17) is 9.52 Å². The maximum Gasteiger partial charge on any atom is 0.227 e. The lowest BCUT2D eigenvalue weighted by molar-refractivity contribution is 0.289. The smallest absolute Gasteiger partial charge is 0.227 e. The van der Waals surface area contributed by atoms with E-state index < -0.39 is 0 Å². The van der Waals surface area contributed by atoms with E-state index in [1.54, 1.807) is 0 Å². The third-order valence-corrected chi connectivity index (χ3v) is 7.63. The molecule has 6 nitrogen and oxygen atoms in total. The van der Waals surface area contributed by atoms with Crippen molar-refractivity contribution in [3.05, 3.63) is 30.0 Å². The lowest BCUT2D eigenvalue weighted by Gasteiger charge is -2.21. The summed E-state index contributed by atoms with van der Waals surface area (Å²) in [6.07, 6.45) is 10.1. The van der Waals surface area contributed by atoms with Crippen LogP contribution in [0.3, 0.4) is 0 Å². The molecule has 1 aromatic carbocycles. The monoisotopic (exact) mass is 420 g/mol. The highest BCUT2D eigenvalue weighted by Crippen LogP contribution is 2.39. The summed E-state index contributed by atoms with van der Waals surface area (Å²) >= 11 is 0. The molecular formula is C25H32N4O2. The summed E-state index contributed by atoms with van der Waals surface area (Å²) in [5.41, 5.74) is 1.91. The Hall–Kier alpha value is -2.34. The molecule has 1 unspecified atom stereocenters. The lowest BCUT2D eigenvalue weighted by atomic mass is 9.90. The van der Waals surface area contributed by atoms with E-state index in [1.807, 2.05) is 6.07 Å². The Morgan fingerprint density at radius 2 is 1.87 bits per heavy atom. The molecule has 2 saturated carbocycles. The number of fused-ring (bicyclic) bond motifs is 1. The van der Waals surface area contributed by atoms with Crippen LogP contribution in [-0.2, 0) is 13.0 Å². The number of anilines is 1. The fourth-order valence-corrected chi connectivity index (χ4v) is 5.71. The number of aromatic nitrogens is 3. The van der Waals surface area contributed by atoms with Crippen molar-refractivity contribution in [1.82, 2.24) is 14.8 Å². The molecule has 0 spiro atoms. The molecule has 0 radical (unpaired) electrons.